The van der Waals surface area contributed by atoms with Crippen LogP contribution in [0.3, 0.4) is 0 Å². The summed E-state index contributed by atoms with van der Waals surface area (Å²) in [7, 11) is -1.92. The van der Waals surface area contributed by atoms with Gasteiger partial charge in [-0.25, -0.2) is 0 Å². The Labute approximate surface area is 103 Å². The molecule has 0 bridgehead atoms. The minimum absolute atomic E-state index is 0.847. The summed E-state index contributed by atoms with van der Waals surface area (Å²) in [4.78, 5) is 0. The van der Waals surface area contributed by atoms with Crippen molar-refractivity contribution in [1.29, 1.82) is 0 Å². The fraction of sp³-hybridized carbons (Fsp3) is 0.923. The zero-order chi connectivity index (χ0) is 12.3. The van der Waals surface area contributed by atoms with Crippen LogP contribution >= 0.6 is 0 Å². The molecular weight excluding hydrogens is 216 g/mol. The average molecular weight is 245 g/mol. The van der Waals surface area contributed by atoms with Crippen molar-refractivity contribution >= 4 is 8.56 Å². The summed E-state index contributed by atoms with van der Waals surface area (Å²) in [5, 5.41) is 0. The first-order valence-corrected chi connectivity index (χ1v) is 9.04. The van der Waals surface area contributed by atoms with Crippen molar-refractivity contribution in [1.82, 2.24) is 0 Å². The Morgan fingerprint density at radius 1 is 0.875 bits per heavy atom. The Hall–Kier alpha value is 0.137. The van der Waals surface area contributed by atoms with E-state index in [9.17, 15) is 0 Å². The predicted molar refractivity (Wildman–Crippen MR) is 72.7 cm³/mol. The third-order valence-corrected chi connectivity index (χ3v) is 6.30. The number of rotatable bonds is 11. The smallest absolute Gasteiger partial charge is 0.338 e. The molecule has 0 heterocycles. The second-order valence-corrected chi connectivity index (χ2v) is 7.71. The SMILES string of the molecule is [CH2]CC[Si](CCCC)(OCCC)OCCC. The van der Waals surface area contributed by atoms with E-state index in [2.05, 4.69) is 27.7 Å². The highest BCUT2D eigenvalue weighted by atomic mass is 28.4. The number of unbranched alkanes of at least 4 members (excludes halogenated alkanes) is 1. The lowest BCUT2D eigenvalue weighted by atomic mass is 10.4. The molecule has 2 nitrogen and oxygen atoms in total. The Balaban J connectivity index is 4.32. The highest BCUT2D eigenvalue weighted by Gasteiger charge is 2.35. The van der Waals surface area contributed by atoms with Gasteiger partial charge < -0.3 is 8.85 Å². The molecule has 1 radical (unpaired) electrons. The van der Waals surface area contributed by atoms with Gasteiger partial charge in [-0.05, 0) is 24.9 Å². The van der Waals surface area contributed by atoms with E-state index >= 15 is 0 Å². The van der Waals surface area contributed by atoms with E-state index in [1.165, 1.54) is 12.8 Å². The molecule has 0 atom stereocenters. The van der Waals surface area contributed by atoms with Crippen LogP contribution in [-0.4, -0.2) is 21.8 Å². The maximum Gasteiger partial charge on any atom is 0.338 e. The van der Waals surface area contributed by atoms with Gasteiger partial charge in [0.1, 0.15) is 0 Å². The van der Waals surface area contributed by atoms with Crippen molar-refractivity contribution in [2.75, 3.05) is 13.2 Å². The molecular formula is C13H29O2Si. The molecule has 0 aliphatic carbocycles. The van der Waals surface area contributed by atoms with Crippen LogP contribution < -0.4 is 0 Å². The molecule has 0 amide bonds. The molecule has 0 aromatic heterocycles. The molecule has 0 aliphatic heterocycles. The van der Waals surface area contributed by atoms with E-state index in [0.717, 1.165) is 44.6 Å². The van der Waals surface area contributed by atoms with Crippen LogP contribution in [0.1, 0.15) is 52.9 Å². The minimum atomic E-state index is -1.92. The van der Waals surface area contributed by atoms with Crippen molar-refractivity contribution in [2.45, 2.75) is 65.0 Å². The predicted octanol–water partition coefficient (Wildman–Crippen LogP) is 4.31. The van der Waals surface area contributed by atoms with Crippen LogP contribution in [0, 0.1) is 6.92 Å². The van der Waals surface area contributed by atoms with Gasteiger partial charge in [0.05, 0.1) is 0 Å². The van der Waals surface area contributed by atoms with Gasteiger partial charge in [0.2, 0.25) is 0 Å². The lowest BCUT2D eigenvalue weighted by molar-refractivity contribution is 0.166. The van der Waals surface area contributed by atoms with E-state index in [1.54, 1.807) is 0 Å². The van der Waals surface area contributed by atoms with Gasteiger partial charge in [0, 0.05) is 13.2 Å². The van der Waals surface area contributed by atoms with E-state index in [0.29, 0.717) is 0 Å². The van der Waals surface area contributed by atoms with Crippen molar-refractivity contribution < 1.29 is 8.85 Å². The molecule has 0 aromatic rings. The summed E-state index contributed by atoms with van der Waals surface area (Å²) in [5.41, 5.74) is 0. The summed E-state index contributed by atoms with van der Waals surface area (Å²) >= 11 is 0. The Kier molecular flexibility index (Phi) is 10.4. The van der Waals surface area contributed by atoms with E-state index in [1.807, 2.05) is 0 Å². The van der Waals surface area contributed by atoms with E-state index in [-0.39, 0.29) is 0 Å². The van der Waals surface area contributed by atoms with Crippen LogP contribution in [0.4, 0.5) is 0 Å². The van der Waals surface area contributed by atoms with Crippen LogP contribution in [0.15, 0.2) is 0 Å². The van der Waals surface area contributed by atoms with Gasteiger partial charge in [-0.15, -0.1) is 0 Å². The van der Waals surface area contributed by atoms with Crippen LogP contribution in [-0.2, 0) is 8.85 Å². The van der Waals surface area contributed by atoms with Crippen LogP contribution in [0.2, 0.25) is 12.1 Å². The summed E-state index contributed by atoms with van der Waals surface area (Å²) in [6, 6.07) is 2.19. The zero-order valence-electron chi connectivity index (χ0n) is 11.4. The van der Waals surface area contributed by atoms with E-state index < -0.39 is 8.56 Å². The van der Waals surface area contributed by atoms with Crippen molar-refractivity contribution in [2.24, 2.45) is 0 Å². The van der Waals surface area contributed by atoms with Crippen molar-refractivity contribution in [3.63, 3.8) is 0 Å². The molecule has 97 valence electrons. The first-order valence-electron chi connectivity index (χ1n) is 6.81. The first kappa shape index (κ1) is 16.1. The van der Waals surface area contributed by atoms with Gasteiger partial charge >= 0.3 is 8.56 Å². The second-order valence-electron chi connectivity index (χ2n) is 4.31. The topological polar surface area (TPSA) is 18.5 Å². The monoisotopic (exact) mass is 245 g/mol. The molecule has 16 heavy (non-hydrogen) atoms. The summed E-state index contributed by atoms with van der Waals surface area (Å²) in [6.07, 6.45) is 5.53. The highest BCUT2D eigenvalue weighted by Crippen LogP contribution is 2.24. The van der Waals surface area contributed by atoms with E-state index in [4.69, 9.17) is 8.85 Å². The molecule has 0 fully saturated rings. The molecule has 0 aromatic carbocycles. The molecule has 0 unspecified atom stereocenters. The van der Waals surface area contributed by atoms with Gasteiger partial charge in [-0.1, -0.05) is 47.0 Å². The third kappa shape index (κ3) is 6.66. The first-order chi connectivity index (χ1) is 7.74. The third-order valence-electron chi connectivity index (χ3n) is 2.61. The highest BCUT2D eigenvalue weighted by molar-refractivity contribution is 6.67. The molecule has 3 heteroatoms. The minimum Gasteiger partial charge on any atom is -0.394 e. The quantitative estimate of drug-likeness (QED) is 0.505. The Morgan fingerprint density at radius 3 is 1.81 bits per heavy atom. The van der Waals surface area contributed by atoms with Gasteiger partial charge in [-0.3, -0.25) is 0 Å². The fourth-order valence-corrected chi connectivity index (χ4v) is 5.24. The summed E-state index contributed by atoms with van der Waals surface area (Å²) in [5.74, 6) is 0. The fourth-order valence-electron chi connectivity index (χ4n) is 1.75. The standard InChI is InChI=1S/C13H29O2Si/c1-5-9-13-16(12-8-4,14-10-6-2)15-11-7-3/h4-13H2,1-3H3. The maximum atomic E-state index is 6.10. The number of hydrogen-bond donors (Lipinski definition) is 0. The van der Waals surface area contributed by atoms with Crippen LogP contribution in [0.25, 0.3) is 0 Å². The second kappa shape index (κ2) is 10.3. The Bertz CT molecular complexity index is 129. The molecule has 0 spiro atoms. The molecule has 0 aliphatic rings. The van der Waals surface area contributed by atoms with Crippen LogP contribution in [0.5, 0.6) is 0 Å². The molecule has 0 saturated heterocycles. The molecule has 0 N–H and O–H groups in total. The van der Waals surface area contributed by atoms with Gasteiger partial charge in [-0.2, -0.15) is 0 Å². The number of hydrogen-bond acceptors (Lipinski definition) is 2. The summed E-state index contributed by atoms with van der Waals surface area (Å²) < 4.78 is 12.2. The van der Waals surface area contributed by atoms with Crippen molar-refractivity contribution in [3.8, 4) is 0 Å². The average Bonchev–Trinajstić information content (AvgIpc) is 2.31. The molecule has 0 saturated carbocycles. The normalized spacial score (nSPS) is 12.0. The largest absolute Gasteiger partial charge is 0.394 e. The summed E-state index contributed by atoms with van der Waals surface area (Å²) in [6.45, 7) is 12.2. The maximum absolute atomic E-state index is 6.10. The zero-order valence-corrected chi connectivity index (χ0v) is 12.4. The van der Waals surface area contributed by atoms with Gasteiger partial charge in [0.15, 0.2) is 0 Å². The lowest BCUT2D eigenvalue weighted by Gasteiger charge is -2.30. The van der Waals surface area contributed by atoms with Gasteiger partial charge in [0.25, 0.3) is 0 Å². The lowest BCUT2D eigenvalue weighted by Crippen LogP contribution is -2.42. The molecule has 0 rings (SSSR count). The Morgan fingerprint density at radius 2 is 1.44 bits per heavy atom. The van der Waals surface area contributed by atoms with Crippen molar-refractivity contribution in [3.05, 3.63) is 6.92 Å².